The van der Waals surface area contributed by atoms with Crippen LogP contribution >= 0.6 is 46.4 Å². The molecule has 1 amide bonds. The van der Waals surface area contributed by atoms with Gasteiger partial charge in [0.15, 0.2) is 0 Å². The second kappa shape index (κ2) is 7.26. The van der Waals surface area contributed by atoms with Gasteiger partial charge in [-0.3, -0.25) is 9.78 Å². The van der Waals surface area contributed by atoms with E-state index in [1.54, 1.807) is 24.4 Å². The van der Waals surface area contributed by atoms with Crippen LogP contribution < -0.4 is 10.1 Å². The molecule has 0 aliphatic carbocycles. The molecular weight excluding hydrogens is 406 g/mol. The topological polar surface area (TPSA) is 51.2 Å². The summed E-state index contributed by atoms with van der Waals surface area (Å²) in [6.07, 6.45) is 1.58. The Kier molecular flexibility index (Phi) is 5.25. The molecule has 0 aliphatic rings. The zero-order valence-electron chi connectivity index (χ0n) is 12.7. The average molecular weight is 416 g/mol. The fourth-order valence-electron chi connectivity index (χ4n) is 2.35. The van der Waals surface area contributed by atoms with E-state index in [0.29, 0.717) is 27.4 Å². The number of carbonyl (C=O) groups is 1. The Bertz CT molecular complexity index is 969. The van der Waals surface area contributed by atoms with Crippen molar-refractivity contribution in [3.8, 4) is 5.75 Å². The predicted molar refractivity (Wildman–Crippen MR) is 103 cm³/mol. The fourth-order valence-corrected chi connectivity index (χ4v) is 3.55. The number of hydrogen-bond acceptors (Lipinski definition) is 3. The van der Waals surface area contributed by atoms with Gasteiger partial charge in [-0.25, -0.2) is 0 Å². The highest BCUT2D eigenvalue weighted by Crippen LogP contribution is 2.36. The Morgan fingerprint density at radius 1 is 1.04 bits per heavy atom. The van der Waals surface area contributed by atoms with Gasteiger partial charge in [-0.15, -0.1) is 0 Å². The summed E-state index contributed by atoms with van der Waals surface area (Å²) < 4.78 is 5.07. The lowest BCUT2D eigenvalue weighted by molar-refractivity contribution is 0.102. The van der Waals surface area contributed by atoms with Gasteiger partial charge < -0.3 is 10.1 Å². The number of benzene rings is 2. The first-order chi connectivity index (χ1) is 11.9. The van der Waals surface area contributed by atoms with Crippen molar-refractivity contribution in [1.29, 1.82) is 0 Å². The Balaban J connectivity index is 2.07. The van der Waals surface area contributed by atoms with Crippen LogP contribution in [0.5, 0.6) is 5.75 Å². The van der Waals surface area contributed by atoms with Gasteiger partial charge in [0.25, 0.3) is 5.91 Å². The van der Waals surface area contributed by atoms with Gasteiger partial charge >= 0.3 is 0 Å². The normalized spacial score (nSPS) is 10.8. The molecule has 4 nitrogen and oxygen atoms in total. The first kappa shape index (κ1) is 18.1. The summed E-state index contributed by atoms with van der Waals surface area (Å²) >= 11 is 24.7. The summed E-state index contributed by atoms with van der Waals surface area (Å²) in [4.78, 5) is 16.9. The van der Waals surface area contributed by atoms with Gasteiger partial charge in [-0.2, -0.15) is 0 Å². The van der Waals surface area contributed by atoms with Crippen LogP contribution in [0.4, 0.5) is 5.69 Å². The van der Waals surface area contributed by atoms with Crippen LogP contribution in [0.1, 0.15) is 10.4 Å². The SMILES string of the molecule is COc1cc(Cl)c(C(=O)Nc2c(Cl)cc(Cl)c3cccnc23)c(Cl)c1. The van der Waals surface area contributed by atoms with Crippen molar-refractivity contribution in [3.05, 3.63) is 62.2 Å². The minimum atomic E-state index is -0.520. The number of pyridine rings is 1. The van der Waals surface area contributed by atoms with Crippen LogP contribution in [-0.4, -0.2) is 18.0 Å². The number of halogens is 4. The maximum absolute atomic E-state index is 12.7. The number of methoxy groups -OCH3 is 1. The first-order valence-electron chi connectivity index (χ1n) is 6.99. The van der Waals surface area contributed by atoms with E-state index < -0.39 is 5.91 Å². The summed E-state index contributed by atoms with van der Waals surface area (Å²) in [5.41, 5.74) is 0.906. The molecule has 1 aromatic heterocycles. The quantitative estimate of drug-likeness (QED) is 0.561. The minimum absolute atomic E-state index is 0.110. The second-order valence-corrected chi connectivity index (χ2v) is 6.66. The van der Waals surface area contributed by atoms with E-state index in [-0.39, 0.29) is 20.6 Å². The summed E-state index contributed by atoms with van der Waals surface area (Å²) in [7, 11) is 1.48. The van der Waals surface area contributed by atoms with E-state index in [1.165, 1.54) is 19.2 Å². The lowest BCUT2D eigenvalue weighted by Gasteiger charge is -2.13. The summed E-state index contributed by atoms with van der Waals surface area (Å²) in [5, 5.41) is 4.38. The molecule has 2 aromatic carbocycles. The zero-order chi connectivity index (χ0) is 18.1. The van der Waals surface area contributed by atoms with Crippen molar-refractivity contribution >= 4 is 68.9 Å². The lowest BCUT2D eigenvalue weighted by Crippen LogP contribution is -2.14. The van der Waals surface area contributed by atoms with Gasteiger partial charge in [0.1, 0.15) is 5.75 Å². The minimum Gasteiger partial charge on any atom is -0.497 e. The summed E-state index contributed by atoms with van der Waals surface area (Å²) in [6.45, 7) is 0. The molecule has 1 N–H and O–H groups in total. The molecule has 3 aromatic rings. The van der Waals surface area contributed by atoms with Gasteiger partial charge in [0, 0.05) is 11.6 Å². The number of fused-ring (bicyclic) bond motifs is 1. The van der Waals surface area contributed by atoms with Crippen molar-refractivity contribution in [1.82, 2.24) is 4.98 Å². The van der Waals surface area contributed by atoms with E-state index in [1.807, 2.05) is 0 Å². The first-order valence-corrected chi connectivity index (χ1v) is 8.50. The van der Waals surface area contributed by atoms with Crippen LogP contribution in [0.3, 0.4) is 0 Å². The predicted octanol–water partition coefficient (Wildman–Crippen LogP) is 6.11. The smallest absolute Gasteiger partial charge is 0.258 e. The number of hydrogen-bond donors (Lipinski definition) is 1. The number of aromatic nitrogens is 1. The third-order valence-electron chi connectivity index (χ3n) is 3.51. The van der Waals surface area contributed by atoms with E-state index in [2.05, 4.69) is 10.3 Å². The highest BCUT2D eigenvalue weighted by molar-refractivity contribution is 6.43. The van der Waals surface area contributed by atoms with E-state index >= 15 is 0 Å². The molecule has 0 saturated heterocycles. The van der Waals surface area contributed by atoms with Crippen LogP contribution in [0.15, 0.2) is 36.5 Å². The van der Waals surface area contributed by atoms with Gasteiger partial charge in [0.05, 0.1) is 44.0 Å². The highest BCUT2D eigenvalue weighted by Gasteiger charge is 2.20. The monoisotopic (exact) mass is 414 g/mol. The molecule has 0 aliphatic heterocycles. The Morgan fingerprint density at radius 3 is 2.36 bits per heavy atom. The molecule has 0 radical (unpaired) electrons. The molecule has 0 unspecified atom stereocenters. The molecule has 0 atom stereocenters. The number of rotatable bonds is 3. The van der Waals surface area contributed by atoms with Gasteiger partial charge in [-0.05, 0) is 30.3 Å². The van der Waals surface area contributed by atoms with Gasteiger partial charge in [-0.1, -0.05) is 46.4 Å². The maximum Gasteiger partial charge on any atom is 0.258 e. The standard InChI is InChI=1S/C17H10Cl4N2O2/c1-25-8-5-11(19)14(12(20)6-8)17(24)23-16-13(21)7-10(18)9-3-2-4-22-15(9)16/h2-7H,1H3,(H,23,24). The molecule has 0 spiro atoms. The number of amides is 1. The Morgan fingerprint density at radius 2 is 1.72 bits per heavy atom. The molecule has 0 fully saturated rings. The molecular formula is C17H10Cl4N2O2. The largest absolute Gasteiger partial charge is 0.497 e. The van der Waals surface area contributed by atoms with Gasteiger partial charge in [0.2, 0.25) is 0 Å². The van der Waals surface area contributed by atoms with Crippen LogP contribution in [0.25, 0.3) is 10.9 Å². The zero-order valence-corrected chi connectivity index (χ0v) is 15.8. The molecule has 1 heterocycles. The Hall–Kier alpha value is -1.72. The van der Waals surface area contributed by atoms with Crippen molar-refractivity contribution < 1.29 is 9.53 Å². The number of anilines is 1. The number of ether oxygens (including phenoxy) is 1. The highest BCUT2D eigenvalue weighted by atomic mass is 35.5. The van der Waals surface area contributed by atoms with Crippen molar-refractivity contribution in [2.45, 2.75) is 0 Å². The average Bonchev–Trinajstić information content (AvgIpc) is 2.57. The van der Waals surface area contributed by atoms with Crippen LogP contribution in [0.2, 0.25) is 20.1 Å². The lowest BCUT2D eigenvalue weighted by atomic mass is 10.1. The van der Waals surface area contributed by atoms with E-state index in [4.69, 9.17) is 51.1 Å². The molecule has 25 heavy (non-hydrogen) atoms. The number of nitrogens with zero attached hydrogens (tertiary/aromatic N) is 1. The third kappa shape index (κ3) is 3.48. The van der Waals surface area contributed by atoms with E-state index in [0.717, 1.165) is 0 Å². The van der Waals surface area contributed by atoms with Crippen molar-refractivity contribution in [3.63, 3.8) is 0 Å². The van der Waals surface area contributed by atoms with Crippen molar-refractivity contribution in [2.75, 3.05) is 12.4 Å². The second-order valence-electron chi connectivity index (χ2n) is 5.03. The van der Waals surface area contributed by atoms with Crippen LogP contribution in [-0.2, 0) is 0 Å². The third-order valence-corrected chi connectivity index (χ3v) is 4.72. The summed E-state index contributed by atoms with van der Waals surface area (Å²) in [6, 6.07) is 8.07. The fraction of sp³-hybridized carbons (Fsp3) is 0.0588. The molecule has 0 bridgehead atoms. The van der Waals surface area contributed by atoms with Crippen molar-refractivity contribution in [2.24, 2.45) is 0 Å². The Labute approximate surface area is 163 Å². The number of nitrogens with one attached hydrogen (secondary N) is 1. The van der Waals surface area contributed by atoms with E-state index in [9.17, 15) is 4.79 Å². The molecule has 128 valence electrons. The molecule has 8 heteroatoms. The van der Waals surface area contributed by atoms with Crippen LogP contribution in [0, 0.1) is 0 Å². The maximum atomic E-state index is 12.7. The molecule has 0 saturated carbocycles. The summed E-state index contributed by atoms with van der Waals surface area (Å²) in [5.74, 6) is -0.0722. The molecule has 3 rings (SSSR count). The number of carbonyl (C=O) groups excluding carboxylic acids is 1.